The predicted molar refractivity (Wildman–Crippen MR) is 84.2 cm³/mol. The molecule has 0 amide bonds. The van der Waals surface area contributed by atoms with E-state index in [-0.39, 0.29) is 11.9 Å². The molecule has 0 heterocycles. The molecule has 0 bridgehead atoms. The zero-order valence-corrected chi connectivity index (χ0v) is 13.3. The third kappa shape index (κ3) is 6.02. The van der Waals surface area contributed by atoms with Crippen molar-refractivity contribution in [1.29, 1.82) is 0 Å². The summed E-state index contributed by atoms with van der Waals surface area (Å²) in [6.07, 6.45) is 3.21. The van der Waals surface area contributed by atoms with Crippen molar-refractivity contribution in [2.24, 2.45) is 17.6 Å². The van der Waals surface area contributed by atoms with Crippen LogP contribution in [-0.2, 0) is 6.42 Å². The summed E-state index contributed by atoms with van der Waals surface area (Å²) in [6.45, 7) is 5.49. The molecule has 0 spiro atoms. The first kappa shape index (κ1) is 17.1. The zero-order valence-electron chi connectivity index (χ0n) is 13.3. The van der Waals surface area contributed by atoms with Gasteiger partial charge in [0.25, 0.3) is 0 Å². The maximum atomic E-state index is 12.9. The fourth-order valence-electron chi connectivity index (χ4n) is 2.73. The molecule has 1 unspecified atom stereocenters. The van der Waals surface area contributed by atoms with Crippen LogP contribution in [0.5, 0.6) is 0 Å². The van der Waals surface area contributed by atoms with Gasteiger partial charge in [0.2, 0.25) is 0 Å². The topological polar surface area (TPSA) is 29.3 Å². The van der Waals surface area contributed by atoms with Crippen LogP contribution < -0.4 is 5.73 Å². The van der Waals surface area contributed by atoms with Crippen LogP contribution in [0.4, 0.5) is 4.39 Å². The summed E-state index contributed by atoms with van der Waals surface area (Å²) in [4.78, 5) is 2.22. The third-order valence-electron chi connectivity index (χ3n) is 4.12. The van der Waals surface area contributed by atoms with Crippen LogP contribution in [0.15, 0.2) is 24.3 Å². The van der Waals surface area contributed by atoms with E-state index < -0.39 is 0 Å². The van der Waals surface area contributed by atoms with E-state index in [2.05, 4.69) is 32.8 Å². The molecule has 3 heteroatoms. The fourth-order valence-corrected chi connectivity index (χ4v) is 2.73. The van der Waals surface area contributed by atoms with E-state index in [4.69, 9.17) is 5.73 Å². The highest BCUT2D eigenvalue weighted by molar-refractivity contribution is 5.16. The molecule has 1 aromatic carbocycles. The second-order valence-electron chi connectivity index (χ2n) is 6.26. The second-order valence-corrected chi connectivity index (χ2v) is 6.26. The number of halogens is 1. The molecule has 0 fully saturated rings. The fraction of sp³-hybridized carbons (Fsp3) is 0.647. The van der Waals surface area contributed by atoms with Gasteiger partial charge in [0.05, 0.1) is 0 Å². The lowest BCUT2D eigenvalue weighted by atomic mass is 9.82. The Hall–Kier alpha value is -0.930. The lowest BCUT2D eigenvalue weighted by molar-refractivity contribution is 0.251. The van der Waals surface area contributed by atoms with Crippen molar-refractivity contribution in [3.05, 3.63) is 35.6 Å². The Labute approximate surface area is 123 Å². The maximum absolute atomic E-state index is 12.9. The van der Waals surface area contributed by atoms with Crippen LogP contribution in [0.3, 0.4) is 0 Å². The summed E-state index contributed by atoms with van der Waals surface area (Å²) in [7, 11) is 4.21. The monoisotopic (exact) mass is 280 g/mol. The average Bonchev–Trinajstić information content (AvgIpc) is 2.38. The van der Waals surface area contributed by atoms with E-state index in [1.165, 1.54) is 24.1 Å². The zero-order chi connectivity index (χ0) is 15.1. The van der Waals surface area contributed by atoms with Crippen molar-refractivity contribution < 1.29 is 4.39 Å². The lowest BCUT2D eigenvalue weighted by Gasteiger charge is -2.28. The number of hydrogen-bond acceptors (Lipinski definition) is 2. The highest BCUT2D eigenvalue weighted by Crippen LogP contribution is 2.24. The number of hydrogen-bond donors (Lipinski definition) is 1. The molecule has 1 rings (SSSR count). The van der Waals surface area contributed by atoms with Gasteiger partial charge >= 0.3 is 0 Å². The summed E-state index contributed by atoms with van der Waals surface area (Å²) < 4.78 is 12.9. The van der Waals surface area contributed by atoms with Gasteiger partial charge in [0.15, 0.2) is 0 Å². The molecule has 0 aliphatic carbocycles. The van der Waals surface area contributed by atoms with Gasteiger partial charge in [-0.1, -0.05) is 19.1 Å². The highest BCUT2D eigenvalue weighted by atomic mass is 19.1. The van der Waals surface area contributed by atoms with Crippen LogP contribution in [-0.4, -0.2) is 31.6 Å². The van der Waals surface area contributed by atoms with Gasteiger partial charge in [-0.25, -0.2) is 4.39 Å². The van der Waals surface area contributed by atoms with Crippen molar-refractivity contribution in [2.75, 3.05) is 20.6 Å². The van der Waals surface area contributed by atoms with Crippen LogP contribution in [0.25, 0.3) is 0 Å². The molecule has 2 nitrogen and oxygen atoms in total. The quantitative estimate of drug-likeness (QED) is 0.791. The SMILES string of the molecule is CC(N)[C@@H](CCc1ccc(F)cc1)[C@@H](C)CCN(C)C. The molecule has 1 aromatic rings. The first-order valence-electron chi connectivity index (χ1n) is 7.55. The normalized spacial score (nSPS) is 16.1. The van der Waals surface area contributed by atoms with Gasteiger partial charge < -0.3 is 10.6 Å². The summed E-state index contributed by atoms with van der Waals surface area (Å²) in [6, 6.07) is 7.01. The number of benzene rings is 1. The van der Waals surface area contributed by atoms with Crippen molar-refractivity contribution in [3.63, 3.8) is 0 Å². The van der Waals surface area contributed by atoms with Crippen LogP contribution >= 0.6 is 0 Å². The van der Waals surface area contributed by atoms with E-state index in [9.17, 15) is 4.39 Å². The summed E-state index contributed by atoms with van der Waals surface area (Å²) in [5.74, 6) is 0.953. The molecule has 0 aliphatic rings. The van der Waals surface area contributed by atoms with Gasteiger partial charge in [-0.3, -0.25) is 0 Å². The minimum Gasteiger partial charge on any atom is -0.328 e. The molecule has 0 aliphatic heterocycles. The third-order valence-corrected chi connectivity index (χ3v) is 4.12. The summed E-state index contributed by atoms with van der Waals surface area (Å²) in [5, 5.41) is 0. The Morgan fingerprint density at radius 2 is 1.70 bits per heavy atom. The van der Waals surface area contributed by atoms with Gasteiger partial charge in [-0.15, -0.1) is 0 Å². The highest BCUT2D eigenvalue weighted by Gasteiger charge is 2.21. The Balaban J connectivity index is 2.52. The molecule has 0 saturated carbocycles. The Morgan fingerprint density at radius 3 is 2.20 bits per heavy atom. The van der Waals surface area contributed by atoms with E-state index >= 15 is 0 Å². The second kappa shape index (κ2) is 8.38. The molecular formula is C17H29FN2. The first-order valence-corrected chi connectivity index (χ1v) is 7.55. The lowest BCUT2D eigenvalue weighted by Crippen LogP contribution is -2.33. The molecule has 0 aromatic heterocycles. The van der Waals surface area contributed by atoms with Crippen LogP contribution in [0.1, 0.15) is 32.3 Å². The molecule has 20 heavy (non-hydrogen) atoms. The van der Waals surface area contributed by atoms with Crippen LogP contribution in [0, 0.1) is 17.7 Å². The standard InChI is InChI=1S/C17H29FN2/c1-13(11-12-20(3)4)17(14(2)19)10-7-15-5-8-16(18)9-6-15/h5-6,8-9,13-14,17H,7,10-12,19H2,1-4H3/t13-,14?,17-/m0/s1. The minimum atomic E-state index is -0.170. The summed E-state index contributed by atoms with van der Waals surface area (Å²) >= 11 is 0. The largest absolute Gasteiger partial charge is 0.328 e. The van der Waals surface area contributed by atoms with Gasteiger partial charge in [0.1, 0.15) is 5.82 Å². The molecule has 0 saturated heterocycles. The van der Waals surface area contributed by atoms with Gasteiger partial charge in [-0.2, -0.15) is 0 Å². The van der Waals surface area contributed by atoms with E-state index in [1.54, 1.807) is 0 Å². The minimum absolute atomic E-state index is 0.170. The van der Waals surface area contributed by atoms with Crippen molar-refractivity contribution in [1.82, 2.24) is 4.90 Å². The smallest absolute Gasteiger partial charge is 0.123 e. The van der Waals surface area contributed by atoms with E-state index in [0.29, 0.717) is 11.8 Å². The van der Waals surface area contributed by atoms with Crippen molar-refractivity contribution >= 4 is 0 Å². The van der Waals surface area contributed by atoms with Gasteiger partial charge in [0, 0.05) is 6.04 Å². The molecule has 114 valence electrons. The van der Waals surface area contributed by atoms with Crippen molar-refractivity contribution in [2.45, 2.75) is 39.2 Å². The molecule has 2 N–H and O–H groups in total. The summed E-state index contributed by atoms with van der Waals surface area (Å²) in [5.41, 5.74) is 7.35. The Morgan fingerprint density at radius 1 is 1.10 bits per heavy atom. The predicted octanol–water partition coefficient (Wildman–Crippen LogP) is 3.31. The average molecular weight is 280 g/mol. The molecule has 0 radical (unpaired) electrons. The number of nitrogens with two attached hydrogens (primary N) is 1. The van der Waals surface area contributed by atoms with Crippen molar-refractivity contribution in [3.8, 4) is 0 Å². The van der Waals surface area contributed by atoms with E-state index in [1.807, 2.05) is 12.1 Å². The number of aryl methyl sites for hydroxylation is 1. The van der Waals surface area contributed by atoms with E-state index in [0.717, 1.165) is 19.4 Å². The maximum Gasteiger partial charge on any atom is 0.123 e. The molecule has 3 atom stereocenters. The number of nitrogens with zero attached hydrogens (tertiary/aromatic N) is 1. The number of rotatable bonds is 8. The van der Waals surface area contributed by atoms with Gasteiger partial charge in [-0.05, 0) is 76.4 Å². The Bertz CT molecular complexity index is 373. The first-order chi connectivity index (χ1) is 9.40. The molecular weight excluding hydrogens is 251 g/mol. The van der Waals surface area contributed by atoms with Crippen LogP contribution in [0.2, 0.25) is 0 Å². The Kier molecular flexibility index (Phi) is 7.17.